The Bertz CT molecular complexity index is 456. The smallest absolute Gasteiger partial charge is 0.277 e. The third kappa shape index (κ3) is 0.676. The summed E-state index contributed by atoms with van der Waals surface area (Å²) in [4.78, 5) is 3.00. The summed E-state index contributed by atoms with van der Waals surface area (Å²) in [5.74, 6) is 1.21. The number of thioether (sulfide) groups is 1. The quantitative estimate of drug-likeness (QED) is 0.507. The first-order valence-electron chi connectivity index (χ1n) is 4.68. The van der Waals surface area contributed by atoms with E-state index in [9.17, 15) is 10.5 Å². The Balaban J connectivity index is 2.17. The molecule has 1 aliphatic carbocycles. The number of nitrogens with two attached hydrogens (primary N) is 1. The van der Waals surface area contributed by atoms with Gasteiger partial charge in [-0.2, -0.15) is 10.5 Å². The fourth-order valence-electron chi connectivity index (χ4n) is 2.60. The van der Waals surface area contributed by atoms with Crippen LogP contribution < -0.4 is 10.7 Å². The van der Waals surface area contributed by atoms with E-state index in [1.807, 2.05) is 0 Å². The Kier molecular flexibility index (Phi) is 1.38. The second-order valence-corrected chi connectivity index (χ2v) is 5.34. The van der Waals surface area contributed by atoms with Gasteiger partial charge in [-0.15, -0.1) is 0 Å². The van der Waals surface area contributed by atoms with Crippen LogP contribution in [-0.2, 0) is 4.74 Å². The molecule has 1 saturated heterocycles. The second kappa shape index (κ2) is 2.29. The third-order valence-corrected chi connectivity index (χ3v) is 4.88. The minimum absolute atomic E-state index is 0.390. The van der Waals surface area contributed by atoms with Crippen molar-refractivity contribution in [2.45, 2.75) is 11.5 Å². The molecule has 15 heavy (non-hydrogen) atoms. The number of amidine groups is 1. The molecule has 0 aromatic rings. The molecule has 3 aliphatic rings. The number of rotatable bonds is 0. The summed E-state index contributed by atoms with van der Waals surface area (Å²) in [5.41, 5.74) is 4.19. The molecule has 76 valence electrons. The number of nitrogens with one attached hydrogen (secondary N) is 1. The van der Waals surface area contributed by atoms with Crippen LogP contribution in [0.3, 0.4) is 0 Å². The molecule has 2 aliphatic heterocycles. The largest absolute Gasteiger partial charge is 0.327 e. The molecule has 2 heterocycles. The van der Waals surface area contributed by atoms with Gasteiger partial charge in [-0.1, -0.05) is 11.8 Å². The van der Waals surface area contributed by atoms with Crippen LogP contribution in [0.15, 0.2) is 0 Å². The zero-order chi connectivity index (χ0) is 10.7. The van der Waals surface area contributed by atoms with E-state index in [1.165, 1.54) is 11.8 Å². The van der Waals surface area contributed by atoms with Crippen LogP contribution >= 0.6 is 11.8 Å². The molecule has 0 radical (unpaired) electrons. The van der Waals surface area contributed by atoms with Gasteiger partial charge < -0.3 is 4.74 Å². The molecule has 0 aromatic heterocycles. The predicted octanol–water partition coefficient (Wildman–Crippen LogP) is -1.72. The molecular formula is C9H9N4OS+. The summed E-state index contributed by atoms with van der Waals surface area (Å²) in [6.07, 6.45) is 0.485. The molecule has 3 atom stereocenters. The molecule has 0 bridgehead atoms. The molecule has 2 fully saturated rings. The lowest BCUT2D eigenvalue weighted by Gasteiger charge is -2.21. The van der Waals surface area contributed by atoms with Gasteiger partial charge >= 0.3 is 0 Å². The molecule has 0 aromatic carbocycles. The molecule has 3 N–H and O–H groups in total. The van der Waals surface area contributed by atoms with Crippen molar-refractivity contribution in [2.75, 3.05) is 12.4 Å². The number of fused-ring (bicyclic) bond motifs is 2. The fourth-order valence-corrected chi connectivity index (χ4v) is 3.94. The Morgan fingerprint density at radius 3 is 2.73 bits per heavy atom. The molecule has 0 amide bonds. The monoisotopic (exact) mass is 221 g/mol. The maximum absolute atomic E-state index is 9.30. The Labute approximate surface area is 90.9 Å². The summed E-state index contributed by atoms with van der Waals surface area (Å²) in [5, 5.41) is 17.7. The SMILES string of the molecule is N#C[C@@]12C[C@]1(C#N)C(N)=[NH+][C@]21OCCS1. The van der Waals surface area contributed by atoms with Gasteiger partial charge in [0.2, 0.25) is 0 Å². The average molecular weight is 221 g/mol. The minimum atomic E-state index is -0.834. The third-order valence-electron chi connectivity index (χ3n) is 3.53. The lowest BCUT2D eigenvalue weighted by atomic mass is 9.95. The van der Waals surface area contributed by atoms with E-state index in [2.05, 4.69) is 17.1 Å². The van der Waals surface area contributed by atoms with Crippen molar-refractivity contribution >= 4 is 17.6 Å². The molecule has 3 rings (SSSR count). The van der Waals surface area contributed by atoms with Gasteiger partial charge in [-0.05, 0) is 0 Å². The first-order valence-corrected chi connectivity index (χ1v) is 5.66. The van der Waals surface area contributed by atoms with Crippen LogP contribution in [0.25, 0.3) is 0 Å². The number of ether oxygens (including phenoxy) is 1. The highest BCUT2D eigenvalue weighted by Gasteiger charge is 2.90. The highest BCUT2D eigenvalue weighted by atomic mass is 32.2. The van der Waals surface area contributed by atoms with Crippen molar-refractivity contribution in [3.63, 3.8) is 0 Å². The van der Waals surface area contributed by atoms with E-state index in [0.29, 0.717) is 18.9 Å². The maximum atomic E-state index is 9.30. The highest BCUT2D eigenvalue weighted by Crippen LogP contribution is 2.72. The van der Waals surface area contributed by atoms with Crippen LogP contribution in [0.4, 0.5) is 0 Å². The van der Waals surface area contributed by atoms with E-state index in [0.717, 1.165) is 5.75 Å². The molecule has 0 unspecified atom stereocenters. The second-order valence-electron chi connectivity index (χ2n) is 4.06. The summed E-state index contributed by atoms with van der Waals surface area (Å²) in [6.45, 7) is 0.593. The molecule has 1 saturated carbocycles. The number of hydrogen-bond donors (Lipinski definition) is 2. The van der Waals surface area contributed by atoms with E-state index in [1.54, 1.807) is 0 Å². The van der Waals surface area contributed by atoms with Crippen LogP contribution in [0, 0.1) is 33.5 Å². The van der Waals surface area contributed by atoms with Gasteiger partial charge in [0, 0.05) is 12.2 Å². The zero-order valence-electron chi connectivity index (χ0n) is 7.91. The first-order chi connectivity index (χ1) is 7.16. The lowest BCUT2D eigenvalue weighted by Crippen LogP contribution is -2.87. The van der Waals surface area contributed by atoms with Gasteiger partial charge in [-0.25, -0.2) is 4.99 Å². The zero-order valence-corrected chi connectivity index (χ0v) is 8.73. The minimum Gasteiger partial charge on any atom is -0.327 e. The van der Waals surface area contributed by atoms with Crippen LogP contribution in [0.2, 0.25) is 0 Å². The number of nitriles is 2. The lowest BCUT2D eigenvalue weighted by molar-refractivity contribution is -0.582. The summed E-state index contributed by atoms with van der Waals surface area (Å²) < 4.78 is 5.62. The normalized spacial score (nSPS) is 50.7. The topological polar surface area (TPSA) is 96.8 Å². The Morgan fingerprint density at radius 1 is 1.47 bits per heavy atom. The van der Waals surface area contributed by atoms with Crippen molar-refractivity contribution < 1.29 is 9.73 Å². The van der Waals surface area contributed by atoms with Crippen molar-refractivity contribution in [1.82, 2.24) is 0 Å². The fraction of sp³-hybridized carbons (Fsp3) is 0.667. The van der Waals surface area contributed by atoms with Crippen LogP contribution in [-0.4, -0.2) is 23.3 Å². The van der Waals surface area contributed by atoms with Crippen molar-refractivity contribution in [2.24, 2.45) is 16.6 Å². The maximum Gasteiger partial charge on any atom is 0.277 e. The van der Waals surface area contributed by atoms with E-state index in [4.69, 9.17) is 10.5 Å². The van der Waals surface area contributed by atoms with Crippen LogP contribution in [0.5, 0.6) is 0 Å². The van der Waals surface area contributed by atoms with Crippen molar-refractivity contribution in [1.29, 1.82) is 10.5 Å². The van der Waals surface area contributed by atoms with Crippen molar-refractivity contribution in [3.05, 3.63) is 0 Å². The highest BCUT2D eigenvalue weighted by molar-refractivity contribution is 8.00. The molecule has 6 heteroatoms. The number of nitrogens with zero attached hydrogens (tertiary/aromatic N) is 2. The van der Waals surface area contributed by atoms with Gasteiger partial charge in [0.25, 0.3) is 10.9 Å². The molecule has 5 nitrogen and oxygen atoms in total. The predicted molar refractivity (Wildman–Crippen MR) is 52.0 cm³/mol. The Morgan fingerprint density at radius 2 is 2.27 bits per heavy atom. The van der Waals surface area contributed by atoms with Gasteiger partial charge in [0.15, 0.2) is 10.8 Å². The van der Waals surface area contributed by atoms with E-state index in [-0.39, 0.29) is 0 Å². The number of hydrogen-bond acceptors (Lipinski definition) is 5. The van der Waals surface area contributed by atoms with Gasteiger partial charge in [0.05, 0.1) is 18.7 Å². The standard InChI is InChI=1S/C9H8N4OS/c10-4-7-3-8(7,5-11)9(13-6(7)12)14-1-2-15-9/h1-3H2,(H2,12,13)/p+1/t7-,8-,9-/m0/s1. The molecular weight excluding hydrogens is 212 g/mol. The summed E-state index contributed by atoms with van der Waals surface area (Å²) >= 11 is 1.54. The Hall–Kier alpha value is -1.24. The van der Waals surface area contributed by atoms with Crippen LogP contribution in [0.1, 0.15) is 6.42 Å². The van der Waals surface area contributed by atoms with E-state index >= 15 is 0 Å². The average Bonchev–Trinajstić information content (AvgIpc) is 2.67. The van der Waals surface area contributed by atoms with Gasteiger partial charge in [0.1, 0.15) is 0 Å². The summed E-state index contributed by atoms with van der Waals surface area (Å²) in [6, 6.07) is 4.40. The first kappa shape index (κ1) is 9.02. The summed E-state index contributed by atoms with van der Waals surface area (Å²) in [7, 11) is 0. The molecule has 1 spiro atoms. The van der Waals surface area contributed by atoms with Gasteiger partial charge in [-0.3, -0.25) is 5.73 Å². The van der Waals surface area contributed by atoms with Crippen molar-refractivity contribution in [3.8, 4) is 12.1 Å². The van der Waals surface area contributed by atoms with E-state index < -0.39 is 15.9 Å².